The predicted molar refractivity (Wildman–Crippen MR) is 146 cm³/mol. The lowest BCUT2D eigenvalue weighted by molar-refractivity contribution is -0.483. The van der Waals surface area contributed by atoms with Crippen LogP contribution in [0.1, 0.15) is 115 Å². The Morgan fingerprint density at radius 3 is 1.95 bits per heavy atom. The van der Waals surface area contributed by atoms with E-state index >= 15 is 0 Å². The molecule has 3 nitrogen and oxygen atoms in total. The molecule has 1 atom stereocenters. The molecule has 38 heavy (non-hydrogen) atoms. The SMILES string of the molecule is CCCCCCCCCCCCCCCC1=[N+](c2ccc(F)c(F)c2)C(C)Cc2cc3c(cc21)OCO3.[Cl-]. The van der Waals surface area contributed by atoms with Gasteiger partial charge in [0.25, 0.3) is 0 Å². The minimum absolute atomic E-state index is 0. The van der Waals surface area contributed by atoms with Crippen LogP contribution < -0.4 is 21.9 Å². The normalized spacial score (nSPS) is 15.9. The standard InChI is InChI=1S/C32H44F2NO2.ClH/c1-3-4-5-6-7-8-9-10-11-12-13-14-15-16-30-27-22-32-31(36-23-37-32)20-25(27)19-24(2)35(30)26-17-18-28(33)29(34)21-26;/h17-18,20-22,24H,3-16,19,23H2,1-2H3;1H/q+1;/p-1. The van der Waals surface area contributed by atoms with Gasteiger partial charge in [0.05, 0.1) is 0 Å². The molecule has 2 heterocycles. The van der Waals surface area contributed by atoms with E-state index in [1.807, 2.05) is 0 Å². The van der Waals surface area contributed by atoms with Crippen LogP contribution in [0, 0.1) is 11.6 Å². The molecule has 1 unspecified atom stereocenters. The topological polar surface area (TPSA) is 21.5 Å². The fraction of sp³-hybridized carbons (Fsp3) is 0.594. The van der Waals surface area contributed by atoms with Crippen molar-refractivity contribution in [2.24, 2.45) is 0 Å². The smallest absolute Gasteiger partial charge is 0.231 e. The Morgan fingerprint density at radius 2 is 1.34 bits per heavy atom. The average molecular weight is 548 g/mol. The molecule has 0 N–H and O–H groups in total. The molecule has 0 aromatic heterocycles. The zero-order valence-corrected chi connectivity index (χ0v) is 23.9. The number of hydrogen-bond acceptors (Lipinski definition) is 2. The number of ether oxygens (including phenoxy) is 2. The van der Waals surface area contributed by atoms with Gasteiger partial charge in [-0.3, -0.25) is 0 Å². The summed E-state index contributed by atoms with van der Waals surface area (Å²) in [6, 6.07) is 8.56. The van der Waals surface area contributed by atoms with Crippen molar-refractivity contribution in [1.29, 1.82) is 0 Å². The molecule has 0 fully saturated rings. The summed E-state index contributed by atoms with van der Waals surface area (Å²) in [4.78, 5) is 0. The molecule has 210 valence electrons. The van der Waals surface area contributed by atoms with Gasteiger partial charge in [-0.1, -0.05) is 84.0 Å². The number of unbranched alkanes of at least 4 members (excludes halogenated alkanes) is 12. The van der Waals surface area contributed by atoms with E-state index in [9.17, 15) is 8.78 Å². The first-order valence-electron chi connectivity index (χ1n) is 14.6. The Bertz CT molecular complexity index is 1070. The van der Waals surface area contributed by atoms with Crippen LogP contribution in [0.5, 0.6) is 11.5 Å². The average Bonchev–Trinajstić information content (AvgIpc) is 3.34. The van der Waals surface area contributed by atoms with Crippen molar-refractivity contribution in [3.8, 4) is 11.5 Å². The highest BCUT2D eigenvalue weighted by atomic mass is 35.5. The van der Waals surface area contributed by atoms with E-state index in [1.165, 1.54) is 100 Å². The van der Waals surface area contributed by atoms with E-state index in [0.29, 0.717) is 5.69 Å². The Labute approximate surface area is 234 Å². The second-order valence-electron chi connectivity index (χ2n) is 10.8. The molecule has 0 spiro atoms. The van der Waals surface area contributed by atoms with Crippen LogP contribution in [-0.2, 0) is 6.42 Å². The molecular weight excluding hydrogens is 504 g/mol. The van der Waals surface area contributed by atoms with Crippen molar-refractivity contribution >= 4 is 11.4 Å². The fourth-order valence-corrected chi connectivity index (χ4v) is 5.84. The van der Waals surface area contributed by atoms with Crippen LogP contribution in [0.2, 0.25) is 0 Å². The monoisotopic (exact) mass is 547 g/mol. The van der Waals surface area contributed by atoms with Crippen molar-refractivity contribution in [3.63, 3.8) is 0 Å². The summed E-state index contributed by atoms with van der Waals surface area (Å²) in [7, 11) is 0. The van der Waals surface area contributed by atoms with Crippen molar-refractivity contribution in [1.82, 2.24) is 0 Å². The highest BCUT2D eigenvalue weighted by Crippen LogP contribution is 2.38. The van der Waals surface area contributed by atoms with Gasteiger partial charge < -0.3 is 21.9 Å². The molecule has 2 aromatic rings. The quantitative estimate of drug-likeness (QED) is 0.194. The lowest BCUT2D eigenvalue weighted by atomic mass is 9.89. The van der Waals surface area contributed by atoms with Crippen molar-refractivity contribution in [3.05, 3.63) is 53.1 Å². The van der Waals surface area contributed by atoms with Gasteiger partial charge in [-0.2, -0.15) is 4.58 Å². The molecule has 0 bridgehead atoms. The maximum Gasteiger partial charge on any atom is 0.231 e. The number of halogens is 3. The van der Waals surface area contributed by atoms with Crippen LogP contribution in [0.25, 0.3) is 0 Å². The molecule has 0 amide bonds. The molecule has 0 aliphatic carbocycles. The van der Waals surface area contributed by atoms with Crippen LogP contribution in [0.3, 0.4) is 0 Å². The van der Waals surface area contributed by atoms with Gasteiger partial charge in [0.2, 0.25) is 12.5 Å². The van der Waals surface area contributed by atoms with E-state index in [1.54, 1.807) is 6.07 Å². The largest absolute Gasteiger partial charge is 1.00 e. The summed E-state index contributed by atoms with van der Waals surface area (Å²) in [5.41, 5.74) is 4.26. The Balaban J connectivity index is 0.00000400. The minimum atomic E-state index is -0.810. The maximum atomic E-state index is 14.2. The third-order valence-electron chi connectivity index (χ3n) is 7.85. The van der Waals surface area contributed by atoms with Gasteiger partial charge in [0.15, 0.2) is 34.9 Å². The summed E-state index contributed by atoms with van der Waals surface area (Å²) >= 11 is 0. The molecule has 2 aliphatic rings. The van der Waals surface area contributed by atoms with E-state index in [2.05, 4.69) is 30.6 Å². The molecule has 0 radical (unpaired) electrons. The first kappa shape index (κ1) is 30.4. The van der Waals surface area contributed by atoms with Gasteiger partial charge in [0, 0.05) is 30.5 Å². The van der Waals surface area contributed by atoms with Gasteiger partial charge in [-0.05, 0) is 37.1 Å². The molecular formula is C32H44ClF2NO2. The zero-order valence-electron chi connectivity index (χ0n) is 23.2. The van der Waals surface area contributed by atoms with Gasteiger partial charge >= 0.3 is 0 Å². The summed E-state index contributed by atoms with van der Waals surface area (Å²) in [6.07, 6.45) is 18.8. The molecule has 4 rings (SSSR count). The molecule has 2 aromatic carbocycles. The second kappa shape index (κ2) is 15.5. The summed E-state index contributed by atoms with van der Waals surface area (Å²) in [5.74, 6) is -0.0503. The maximum absolute atomic E-state index is 14.2. The van der Waals surface area contributed by atoms with Crippen LogP contribution in [-0.4, -0.2) is 23.1 Å². The zero-order chi connectivity index (χ0) is 26.0. The number of hydrogen-bond donors (Lipinski definition) is 0. The van der Waals surface area contributed by atoms with Gasteiger partial charge in [-0.15, -0.1) is 0 Å². The van der Waals surface area contributed by atoms with E-state index < -0.39 is 11.6 Å². The Morgan fingerprint density at radius 1 is 0.763 bits per heavy atom. The molecule has 2 aliphatic heterocycles. The van der Waals surface area contributed by atoms with E-state index in [-0.39, 0.29) is 25.2 Å². The fourth-order valence-electron chi connectivity index (χ4n) is 5.84. The van der Waals surface area contributed by atoms with Gasteiger partial charge in [0.1, 0.15) is 0 Å². The van der Waals surface area contributed by atoms with Crippen molar-refractivity contribution in [2.45, 2.75) is 116 Å². The highest BCUT2D eigenvalue weighted by Gasteiger charge is 2.34. The summed E-state index contributed by atoms with van der Waals surface area (Å²) < 4.78 is 41.4. The van der Waals surface area contributed by atoms with Crippen LogP contribution in [0.4, 0.5) is 14.5 Å². The first-order chi connectivity index (χ1) is 18.1. The lowest BCUT2D eigenvalue weighted by Gasteiger charge is -2.24. The predicted octanol–water partition coefficient (Wildman–Crippen LogP) is 6.26. The number of fused-ring (bicyclic) bond motifs is 2. The van der Waals surface area contributed by atoms with Gasteiger partial charge in [-0.25, -0.2) is 8.78 Å². The third kappa shape index (κ3) is 7.94. The van der Waals surface area contributed by atoms with Crippen LogP contribution in [0.15, 0.2) is 30.3 Å². The highest BCUT2D eigenvalue weighted by molar-refractivity contribution is 6.00. The van der Waals surface area contributed by atoms with Crippen molar-refractivity contribution < 1.29 is 35.2 Å². The minimum Gasteiger partial charge on any atom is -1.00 e. The number of benzene rings is 2. The summed E-state index contributed by atoms with van der Waals surface area (Å²) in [6.45, 7) is 4.67. The van der Waals surface area contributed by atoms with E-state index in [4.69, 9.17) is 9.47 Å². The summed E-state index contributed by atoms with van der Waals surface area (Å²) in [5, 5.41) is 0. The Kier molecular flexibility index (Phi) is 12.4. The van der Waals surface area contributed by atoms with E-state index in [0.717, 1.165) is 36.3 Å². The number of rotatable bonds is 15. The first-order valence-corrected chi connectivity index (χ1v) is 14.6. The number of nitrogens with zero attached hydrogens (tertiary/aromatic N) is 1. The molecule has 0 saturated heterocycles. The Hall–Kier alpha value is -2.14. The van der Waals surface area contributed by atoms with Crippen LogP contribution >= 0.6 is 0 Å². The third-order valence-corrected chi connectivity index (χ3v) is 7.85. The molecule has 6 heteroatoms. The van der Waals surface area contributed by atoms with Crippen molar-refractivity contribution in [2.75, 3.05) is 6.79 Å². The second-order valence-corrected chi connectivity index (χ2v) is 10.8. The molecule has 0 saturated carbocycles. The lowest BCUT2D eigenvalue weighted by Crippen LogP contribution is -3.00.